The van der Waals surface area contributed by atoms with E-state index in [1.54, 1.807) is 6.26 Å². The summed E-state index contributed by atoms with van der Waals surface area (Å²) in [5.41, 5.74) is 0. The molecule has 2 fully saturated rings. The Kier molecular flexibility index (Phi) is 5.19. The molecule has 0 radical (unpaired) electrons. The van der Waals surface area contributed by atoms with E-state index in [1.165, 1.54) is 25.7 Å². The third-order valence-corrected chi connectivity index (χ3v) is 5.20. The molecule has 3 rings (SSSR count). The third-order valence-electron chi connectivity index (χ3n) is 5.20. The van der Waals surface area contributed by atoms with Crippen molar-refractivity contribution >= 4 is 5.91 Å². The Labute approximate surface area is 133 Å². The smallest absolute Gasteiger partial charge is 0.237 e. The molecule has 3 heterocycles. The minimum atomic E-state index is 0.265. The summed E-state index contributed by atoms with van der Waals surface area (Å²) >= 11 is 0. The van der Waals surface area contributed by atoms with Crippen LogP contribution in [0.4, 0.5) is 0 Å². The zero-order valence-corrected chi connectivity index (χ0v) is 13.7. The summed E-state index contributed by atoms with van der Waals surface area (Å²) in [6.07, 6.45) is 10.0. The number of furan rings is 1. The molecule has 122 valence electrons. The summed E-state index contributed by atoms with van der Waals surface area (Å²) in [4.78, 5) is 17.2. The standard InChI is InChI=1S/C18H28N2O2/c1-15-8-4-6-12-20(15)18(21)14-19-11-5-2-3-9-16(19)17-10-7-13-22-17/h7,10,13,15-16H,2-6,8-9,11-12,14H2,1H3. The summed E-state index contributed by atoms with van der Waals surface area (Å²) in [7, 11) is 0. The lowest BCUT2D eigenvalue weighted by molar-refractivity contribution is -0.136. The minimum absolute atomic E-state index is 0.265. The van der Waals surface area contributed by atoms with Crippen LogP contribution < -0.4 is 0 Å². The molecule has 0 aromatic carbocycles. The maximum absolute atomic E-state index is 12.8. The molecule has 1 aromatic rings. The summed E-state index contributed by atoms with van der Waals surface area (Å²) in [5, 5.41) is 0. The number of hydrogen-bond acceptors (Lipinski definition) is 3. The lowest BCUT2D eigenvalue weighted by Crippen LogP contribution is -2.47. The summed E-state index contributed by atoms with van der Waals surface area (Å²) in [6, 6.07) is 4.67. The van der Waals surface area contributed by atoms with Crippen LogP contribution in [0.25, 0.3) is 0 Å². The number of piperidine rings is 1. The second-order valence-electron chi connectivity index (χ2n) is 6.78. The van der Waals surface area contributed by atoms with Crippen LogP contribution in [0.5, 0.6) is 0 Å². The zero-order valence-electron chi connectivity index (χ0n) is 13.7. The Morgan fingerprint density at radius 3 is 2.77 bits per heavy atom. The first-order valence-electron chi connectivity index (χ1n) is 8.82. The van der Waals surface area contributed by atoms with Gasteiger partial charge in [0.15, 0.2) is 0 Å². The molecule has 22 heavy (non-hydrogen) atoms. The van der Waals surface area contributed by atoms with Gasteiger partial charge in [0, 0.05) is 12.6 Å². The second-order valence-corrected chi connectivity index (χ2v) is 6.78. The fourth-order valence-corrected chi connectivity index (χ4v) is 3.89. The fraction of sp³-hybridized carbons (Fsp3) is 0.722. The molecule has 4 nitrogen and oxygen atoms in total. The monoisotopic (exact) mass is 304 g/mol. The highest BCUT2D eigenvalue weighted by Crippen LogP contribution is 2.30. The van der Waals surface area contributed by atoms with Gasteiger partial charge in [0.05, 0.1) is 18.8 Å². The van der Waals surface area contributed by atoms with E-state index < -0.39 is 0 Å². The van der Waals surface area contributed by atoms with E-state index in [0.29, 0.717) is 18.5 Å². The molecular formula is C18H28N2O2. The van der Waals surface area contributed by atoms with Crippen molar-refractivity contribution in [1.82, 2.24) is 9.80 Å². The third kappa shape index (κ3) is 3.54. The highest BCUT2D eigenvalue weighted by molar-refractivity contribution is 5.78. The maximum Gasteiger partial charge on any atom is 0.237 e. The fourth-order valence-electron chi connectivity index (χ4n) is 3.89. The normalized spacial score (nSPS) is 27.6. The van der Waals surface area contributed by atoms with Gasteiger partial charge in [-0.05, 0) is 57.7 Å². The van der Waals surface area contributed by atoms with E-state index in [1.807, 2.05) is 6.07 Å². The van der Waals surface area contributed by atoms with Gasteiger partial charge in [-0.15, -0.1) is 0 Å². The number of amides is 1. The maximum atomic E-state index is 12.8. The lowest BCUT2D eigenvalue weighted by Gasteiger charge is -2.36. The highest BCUT2D eigenvalue weighted by Gasteiger charge is 2.30. The Morgan fingerprint density at radius 1 is 1.18 bits per heavy atom. The SMILES string of the molecule is CC1CCCCN1C(=O)CN1CCCCCC1c1ccco1. The number of rotatable bonds is 3. The predicted molar refractivity (Wildman–Crippen MR) is 86.5 cm³/mol. The first kappa shape index (κ1) is 15.6. The molecule has 2 atom stereocenters. The van der Waals surface area contributed by atoms with Crippen molar-refractivity contribution in [2.75, 3.05) is 19.6 Å². The van der Waals surface area contributed by atoms with Crippen LogP contribution in [0.15, 0.2) is 22.8 Å². The summed E-state index contributed by atoms with van der Waals surface area (Å²) in [6.45, 7) is 4.65. The molecule has 0 bridgehead atoms. The van der Waals surface area contributed by atoms with Crippen LogP contribution in [0.3, 0.4) is 0 Å². The van der Waals surface area contributed by atoms with Crippen molar-refractivity contribution in [2.45, 2.75) is 64.0 Å². The van der Waals surface area contributed by atoms with Gasteiger partial charge in [-0.1, -0.05) is 12.8 Å². The van der Waals surface area contributed by atoms with Crippen molar-refractivity contribution in [3.05, 3.63) is 24.2 Å². The molecule has 0 spiro atoms. The largest absolute Gasteiger partial charge is 0.468 e. The first-order valence-corrected chi connectivity index (χ1v) is 8.82. The molecule has 0 saturated carbocycles. The number of nitrogens with zero attached hydrogens (tertiary/aromatic N) is 2. The van der Waals surface area contributed by atoms with Crippen molar-refractivity contribution in [2.24, 2.45) is 0 Å². The van der Waals surface area contributed by atoms with E-state index in [4.69, 9.17) is 4.42 Å². The van der Waals surface area contributed by atoms with E-state index in [9.17, 15) is 4.79 Å². The topological polar surface area (TPSA) is 36.7 Å². The van der Waals surface area contributed by atoms with E-state index >= 15 is 0 Å². The number of carbonyl (C=O) groups excluding carboxylic acids is 1. The lowest BCUT2D eigenvalue weighted by atomic mass is 10.0. The zero-order chi connectivity index (χ0) is 15.4. The number of carbonyl (C=O) groups is 1. The van der Waals surface area contributed by atoms with Crippen LogP contribution >= 0.6 is 0 Å². The quantitative estimate of drug-likeness (QED) is 0.856. The molecule has 2 aliphatic rings. The molecule has 0 N–H and O–H groups in total. The van der Waals surface area contributed by atoms with Crippen LogP contribution in [-0.4, -0.2) is 41.4 Å². The molecule has 2 aliphatic heterocycles. The highest BCUT2D eigenvalue weighted by atomic mass is 16.3. The summed E-state index contributed by atoms with van der Waals surface area (Å²) < 4.78 is 5.64. The molecule has 2 saturated heterocycles. The molecule has 2 unspecified atom stereocenters. The van der Waals surface area contributed by atoms with Crippen LogP contribution in [0.1, 0.15) is 63.7 Å². The molecule has 4 heteroatoms. The van der Waals surface area contributed by atoms with Crippen LogP contribution in [0, 0.1) is 0 Å². The average molecular weight is 304 g/mol. The van der Waals surface area contributed by atoms with Crippen LogP contribution in [0.2, 0.25) is 0 Å². The Hall–Kier alpha value is -1.29. The molecular weight excluding hydrogens is 276 g/mol. The van der Waals surface area contributed by atoms with Gasteiger partial charge in [0.2, 0.25) is 5.91 Å². The minimum Gasteiger partial charge on any atom is -0.468 e. The van der Waals surface area contributed by atoms with Gasteiger partial charge < -0.3 is 9.32 Å². The van der Waals surface area contributed by atoms with Crippen molar-refractivity contribution in [3.63, 3.8) is 0 Å². The molecule has 1 aromatic heterocycles. The van der Waals surface area contributed by atoms with Crippen molar-refractivity contribution in [3.8, 4) is 0 Å². The predicted octanol–water partition coefficient (Wildman–Crippen LogP) is 3.60. The first-order chi connectivity index (χ1) is 10.8. The van der Waals surface area contributed by atoms with Crippen molar-refractivity contribution < 1.29 is 9.21 Å². The van der Waals surface area contributed by atoms with Gasteiger partial charge in [0.25, 0.3) is 0 Å². The van der Waals surface area contributed by atoms with E-state index in [2.05, 4.69) is 22.8 Å². The molecule has 0 aliphatic carbocycles. The average Bonchev–Trinajstić information content (AvgIpc) is 2.95. The second kappa shape index (κ2) is 7.32. The van der Waals surface area contributed by atoms with Gasteiger partial charge in [-0.2, -0.15) is 0 Å². The van der Waals surface area contributed by atoms with Gasteiger partial charge >= 0.3 is 0 Å². The van der Waals surface area contributed by atoms with Gasteiger partial charge in [-0.3, -0.25) is 9.69 Å². The van der Waals surface area contributed by atoms with E-state index in [0.717, 1.165) is 38.1 Å². The number of likely N-dealkylation sites (tertiary alicyclic amines) is 2. The Balaban J connectivity index is 1.68. The van der Waals surface area contributed by atoms with E-state index in [-0.39, 0.29) is 6.04 Å². The van der Waals surface area contributed by atoms with Crippen molar-refractivity contribution in [1.29, 1.82) is 0 Å². The van der Waals surface area contributed by atoms with Gasteiger partial charge in [0.1, 0.15) is 5.76 Å². The number of hydrogen-bond donors (Lipinski definition) is 0. The Morgan fingerprint density at radius 2 is 2.00 bits per heavy atom. The van der Waals surface area contributed by atoms with Crippen LogP contribution in [-0.2, 0) is 4.79 Å². The summed E-state index contributed by atoms with van der Waals surface area (Å²) in [5.74, 6) is 1.31. The Bertz CT molecular complexity index is 471. The van der Waals surface area contributed by atoms with Gasteiger partial charge in [-0.25, -0.2) is 0 Å². The molecule has 1 amide bonds.